The van der Waals surface area contributed by atoms with Crippen LogP contribution in [0, 0.1) is 10.1 Å². The Hall–Kier alpha value is -2.22. The van der Waals surface area contributed by atoms with Gasteiger partial charge in [0.1, 0.15) is 15.4 Å². The number of nitro groups is 1. The van der Waals surface area contributed by atoms with Crippen molar-refractivity contribution < 1.29 is 13.3 Å². The van der Waals surface area contributed by atoms with Crippen molar-refractivity contribution in [3.8, 4) is 0 Å². The van der Waals surface area contributed by atoms with Gasteiger partial charge in [-0.2, -0.15) is 0 Å². The highest BCUT2D eigenvalue weighted by Crippen LogP contribution is 2.28. The molecule has 0 aliphatic heterocycles. The molecule has 0 unspecified atom stereocenters. The number of pyridine rings is 1. The van der Waals surface area contributed by atoms with E-state index in [1.165, 1.54) is 18.5 Å². The minimum atomic E-state index is -2.98. The van der Waals surface area contributed by atoms with Gasteiger partial charge < -0.3 is 5.32 Å². The molecule has 1 heterocycles. The zero-order valence-corrected chi connectivity index (χ0v) is 12.3. The number of anilines is 1. The average molecular weight is 309 g/mol. The summed E-state index contributed by atoms with van der Waals surface area (Å²) < 4.78 is 22.1. The Morgan fingerprint density at radius 2 is 2.10 bits per heavy atom. The minimum absolute atomic E-state index is 0.0488. The molecule has 0 aliphatic rings. The Labute approximate surface area is 122 Å². The SMILES string of the molecule is CS(=O)(=O)CCCNc1ccnc2c([N+](=O)[O-])cccc12. The summed E-state index contributed by atoms with van der Waals surface area (Å²) in [5.74, 6) is 0.100. The number of aromatic nitrogens is 1. The van der Waals surface area contributed by atoms with Crippen LogP contribution in [-0.2, 0) is 9.84 Å². The molecule has 2 aromatic rings. The maximum atomic E-state index is 11.1. The van der Waals surface area contributed by atoms with Gasteiger partial charge in [0.25, 0.3) is 5.69 Å². The Morgan fingerprint density at radius 1 is 1.33 bits per heavy atom. The van der Waals surface area contributed by atoms with E-state index in [-0.39, 0.29) is 11.4 Å². The number of nitrogens with zero attached hydrogens (tertiary/aromatic N) is 2. The van der Waals surface area contributed by atoms with Crippen molar-refractivity contribution in [2.24, 2.45) is 0 Å². The predicted molar refractivity (Wildman–Crippen MR) is 81.2 cm³/mol. The second-order valence-corrected chi connectivity index (χ2v) is 6.96. The number of fused-ring (bicyclic) bond motifs is 1. The van der Waals surface area contributed by atoms with E-state index in [9.17, 15) is 18.5 Å². The monoisotopic (exact) mass is 309 g/mol. The van der Waals surface area contributed by atoms with E-state index in [1.54, 1.807) is 18.2 Å². The summed E-state index contributed by atoms with van der Waals surface area (Å²) in [5.41, 5.74) is 0.972. The van der Waals surface area contributed by atoms with Crippen LogP contribution < -0.4 is 5.32 Å². The van der Waals surface area contributed by atoms with Crippen LogP contribution in [0.2, 0.25) is 0 Å². The normalized spacial score (nSPS) is 11.5. The van der Waals surface area contributed by atoms with Crippen LogP contribution in [0.15, 0.2) is 30.5 Å². The summed E-state index contributed by atoms with van der Waals surface area (Å²) in [7, 11) is -2.98. The topological polar surface area (TPSA) is 102 Å². The molecule has 0 amide bonds. The predicted octanol–water partition coefficient (Wildman–Crippen LogP) is 1.99. The highest BCUT2D eigenvalue weighted by molar-refractivity contribution is 7.90. The van der Waals surface area contributed by atoms with Gasteiger partial charge in [0.15, 0.2) is 0 Å². The van der Waals surface area contributed by atoms with E-state index in [2.05, 4.69) is 10.3 Å². The summed E-state index contributed by atoms with van der Waals surface area (Å²) in [6, 6.07) is 6.47. The Bertz CT molecular complexity index is 774. The molecule has 0 saturated heterocycles. The first kappa shape index (κ1) is 15.2. The highest BCUT2D eigenvalue weighted by atomic mass is 32.2. The standard InChI is InChI=1S/C13H15N3O4S/c1-21(19,20)9-3-7-14-11-6-8-15-13-10(11)4-2-5-12(13)16(17)18/h2,4-6,8H,3,7,9H2,1H3,(H,14,15). The molecule has 112 valence electrons. The maximum absolute atomic E-state index is 11.1. The van der Waals surface area contributed by atoms with Crippen molar-refractivity contribution in [3.05, 3.63) is 40.6 Å². The molecule has 8 heteroatoms. The van der Waals surface area contributed by atoms with Gasteiger partial charge in [-0.1, -0.05) is 12.1 Å². The summed E-state index contributed by atoms with van der Waals surface area (Å²) >= 11 is 0. The first-order chi connectivity index (χ1) is 9.88. The molecule has 1 N–H and O–H groups in total. The largest absolute Gasteiger partial charge is 0.384 e. The third-order valence-electron chi connectivity index (χ3n) is 2.95. The van der Waals surface area contributed by atoms with Gasteiger partial charge in [-0.15, -0.1) is 0 Å². The summed E-state index contributed by atoms with van der Waals surface area (Å²) in [6.45, 7) is 0.467. The molecule has 0 saturated carbocycles. The van der Waals surface area contributed by atoms with Crippen molar-refractivity contribution in [3.63, 3.8) is 0 Å². The molecule has 0 aliphatic carbocycles. The molecule has 0 fully saturated rings. The van der Waals surface area contributed by atoms with Gasteiger partial charge in [0, 0.05) is 36.1 Å². The number of benzene rings is 1. The quantitative estimate of drug-likeness (QED) is 0.497. The van der Waals surface area contributed by atoms with E-state index in [4.69, 9.17) is 0 Å². The van der Waals surface area contributed by atoms with E-state index >= 15 is 0 Å². The van der Waals surface area contributed by atoms with Crippen LogP contribution in [0.1, 0.15) is 6.42 Å². The van der Waals surface area contributed by atoms with E-state index in [1.807, 2.05) is 0 Å². The lowest BCUT2D eigenvalue weighted by atomic mass is 10.1. The third kappa shape index (κ3) is 3.88. The van der Waals surface area contributed by atoms with Crippen LogP contribution in [0.25, 0.3) is 10.9 Å². The van der Waals surface area contributed by atoms with Crippen molar-refractivity contribution >= 4 is 32.1 Å². The van der Waals surface area contributed by atoms with Crippen LogP contribution in [0.5, 0.6) is 0 Å². The van der Waals surface area contributed by atoms with Gasteiger partial charge in [0.05, 0.1) is 10.7 Å². The zero-order chi connectivity index (χ0) is 15.5. The number of rotatable bonds is 6. The summed E-state index contributed by atoms with van der Waals surface area (Å²) in [6.07, 6.45) is 3.16. The number of nitro benzene ring substituents is 1. The number of para-hydroxylation sites is 1. The molecular weight excluding hydrogens is 294 g/mol. The lowest BCUT2D eigenvalue weighted by molar-refractivity contribution is -0.383. The first-order valence-corrected chi connectivity index (χ1v) is 8.38. The molecule has 1 aromatic carbocycles. The number of hydrogen-bond acceptors (Lipinski definition) is 6. The third-order valence-corrected chi connectivity index (χ3v) is 3.98. The van der Waals surface area contributed by atoms with Crippen LogP contribution >= 0.6 is 0 Å². The zero-order valence-electron chi connectivity index (χ0n) is 11.4. The second kappa shape index (κ2) is 6.04. The number of non-ortho nitro benzene ring substituents is 1. The molecule has 0 spiro atoms. The van der Waals surface area contributed by atoms with Crippen molar-refractivity contribution in [2.75, 3.05) is 23.9 Å². The Balaban J connectivity index is 2.21. The van der Waals surface area contributed by atoms with Gasteiger partial charge in [-0.25, -0.2) is 13.4 Å². The molecule has 0 bridgehead atoms. The van der Waals surface area contributed by atoms with Crippen molar-refractivity contribution in [2.45, 2.75) is 6.42 Å². The number of nitrogens with one attached hydrogen (secondary N) is 1. The molecule has 2 rings (SSSR count). The lowest BCUT2D eigenvalue weighted by Crippen LogP contribution is -2.10. The van der Waals surface area contributed by atoms with Gasteiger partial charge in [-0.05, 0) is 12.5 Å². The maximum Gasteiger partial charge on any atom is 0.295 e. The lowest BCUT2D eigenvalue weighted by Gasteiger charge is -2.09. The van der Waals surface area contributed by atoms with E-state index in [0.29, 0.717) is 29.6 Å². The molecular formula is C13H15N3O4S. The smallest absolute Gasteiger partial charge is 0.295 e. The second-order valence-electron chi connectivity index (χ2n) is 4.70. The van der Waals surface area contributed by atoms with Crippen molar-refractivity contribution in [1.82, 2.24) is 4.98 Å². The Kier molecular flexibility index (Phi) is 4.37. The van der Waals surface area contributed by atoms with Crippen LogP contribution in [-0.4, -0.2) is 36.9 Å². The fraction of sp³-hybridized carbons (Fsp3) is 0.308. The van der Waals surface area contributed by atoms with Crippen molar-refractivity contribution in [1.29, 1.82) is 0 Å². The first-order valence-electron chi connectivity index (χ1n) is 6.32. The fourth-order valence-corrected chi connectivity index (χ4v) is 2.69. The minimum Gasteiger partial charge on any atom is -0.384 e. The molecule has 0 atom stereocenters. The highest BCUT2D eigenvalue weighted by Gasteiger charge is 2.14. The summed E-state index contributed by atoms with van der Waals surface area (Å²) in [4.78, 5) is 14.6. The molecule has 0 radical (unpaired) electrons. The van der Waals surface area contributed by atoms with Crippen LogP contribution in [0.3, 0.4) is 0 Å². The van der Waals surface area contributed by atoms with Gasteiger partial charge in [0.2, 0.25) is 0 Å². The fourth-order valence-electron chi connectivity index (χ4n) is 2.02. The molecule has 1 aromatic heterocycles. The van der Waals surface area contributed by atoms with Crippen LogP contribution in [0.4, 0.5) is 11.4 Å². The summed E-state index contributed by atoms with van der Waals surface area (Å²) in [5, 5.41) is 14.7. The number of hydrogen-bond donors (Lipinski definition) is 1. The van der Waals surface area contributed by atoms with Gasteiger partial charge >= 0.3 is 0 Å². The van der Waals surface area contributed by atoms with Gasteiger partial charge in [-0.3, -0.25) is 10.1 Å². The average Bonchev–Trinajstić information content (AvgIpc) is 2.41. The molecule has 21 heavy (non-hydrogen) atoms. The molecule has 7 nitrogen and oxygen atoms in total. The van der Waals surface area contributed by atoms with E-state index in [0.717, 1.165) is 0 Å². The Morgan fingerprint density at radius 3 is 2.76 bits per heavy atom. The van der Waals surface area contributed by atoms with E-state index < -0.39 is 14.8 Å². The number of sulfone groups is 1.